The van der Waals surface area contributed by atoms with Crippen molar-refractivity contribution in [1.82, 2.24) is 20.9 Å². The largest absolute Gasteiger partial charge is 0.461 e. The number of amides is 7. The molecule has 49 heavy (non-hydrogen) atoms. The van der Waals surface area contributed by atoms with Gasteiger partial charge in [-0.15, -0.1) is 11.8 Å². The van der Waals surface area contributed by atoms with Crippen LogP contribution >= 0.6 is 11.8 Å². The maximum absolute atomic E-state index is 13.4. The number of hydrogen-bond acceptors (Lipinski definition) is 10. The number of anilines is 1. The molecule has 0 saturated carbocycles. The molecule has 1 heterocycles. The third-order valence-corrected chi connectivity index (χ3v) is 8.86. The number of primary amides is 1. The Hall–Kier alpha value is -4.18. The van der Waals surface area contributed by atoms with Crippen LogP contribution in [0.15, 0.2) is 24.3 Å². The van der Waals surface area contributed by atoms with Crippen molar-refractivity contribution in [3.05, 3.63) is 29.8 Å². The number of benzene rings is 1. The molecule has 1 aromatic carbocycles. The van der Waals surface area contributed by atoms with Gasteiger partial charge in [0, 0.05) is 43.9 Å². The first kappa shape index (κ1) is 41.0. The summed E-state index contributed by atoms with van der Waals surface area (Å²) in [6.07, 6.45) is 1.55. The Bertz CT molecular complexity index is 1310. The van der Waals surface area contributed by atoms with Crippen molar-refractivity contribution in [2.45, 2.75) is 90.2 Å². The van der Waals surface area contributed by atoms with Gasteiger partial charge in [-0.2, -0.15) is 0 Å². The highest BCUT2D eigenvalue weighted by atomic mass is 32.2. The first-order chi connectivity index (χ1) is 23.2. The summed E-state index contributed by atoms with van der Waals surface area (Å²) in [6, 6.07) is 4.05. The van der Waals surface area contributed by atoms with Crippen LogP contribution in [-0.2, 0) is 40.1 Å². The number of urea groups is 1. The standard InChI is InChI=1S/C33H51N7O8S/c1-20(2)28(39-26(41)9-5-6-16-40-27(42)18-25(31(40)45)49-17-14-34)30(44)38-24(8-7-15-36-33(35)47)29(43)37-23-12-10-22(11-13-23)19-48-32(46)21(3)4/h10-13,20-21,24-25,28H,5-9,14-19,34H2,1-4H3,(H,37,43)(H,38,44)(H,39,41)(H3,35,36,47)/t24-,25?,28?/m0/s1. The van der Waals surface area contributed by atoms with E-state index in [4.69, 9.17) is 16.2 Å². The predicted octanol–water partition coefficient (Wildman–Crippen LogP) is 1.39. The minimum Gasteiger partial charge on any atom is -0.461 e. The minimum atomic E-state index is -1.01. The normalized spacial score (nSPS) is 15.6. The molecule has 15 nitrogen and oxygen atoms in total. The summed E-state index contributed by atoms with van der Waals surface area (Å²) in [5, 5.41) is 10.3. The molecule has 0 radical (unpaired) electrons. The number of carbonyl (C=O) groups excluding carboxylic acids is 7. The second-order valence-corrected chi connectivity index (χ2v) is 13.7. The molecule has 2 rings (SSSR count). The Morgan fingerprint density at radius 2 is 1.67 bits per heavy atom. The lowest BCUT2D eigenvalue weighted by atomic mass is 10.0. The molecule has 0 aromatic heterocycles. The van der Waals surface area contributed by atoms with Crippen molar-refractivity contribution in [1.29, 1.82) is 0 Å². The van der Waals surface area contributed by atoms with E-state index in [9.17, 15) is 33.6 Å². The van der Waals surface area contributed by atoms with Crippen LogP contribution in [0, 0.1) is 11.8 Å². The zero-order valence-corrected chi connectivity index (χ0v) is 29.6. The molecule has 1 saturated heterocycles. The average molecular weight is 706 g/mol. The Labute approximate surface area is 291 Å². The molecule has 7 amide bonds. The van der Waals surface area contributed by atoms with Gasteiger partial charge in [0.1, 0.15) is 18.7 Å². The molecule has 1 aromatic rings. The van der Waals surface area contributed by atoms with Crippen molar-refractivity contribution in [3.8, 4) is 0 Å². The summed E-state index contributed by atoms with van der Waals surface area (Å²) in [5.74, 6) is -2.19. The monoisotopic (exact) mass is 705 g/mol. The van der Waals surface area contributed by atoms with Crippen LogP contribution in [0.1, 0.15) is 71.8 Å². The zero-order chi connectivity index (χ0) is 36.5. The van der Waals surface area contributed by atoms with E-state index < -0.39 is 35.2 Å². The number of rotatable bonds is 21. The number of likely N-dealkylation sites (tertiary alicyclic amines) is 1. The lowest BCUT2D eigenvalue weighted by molar-refractivity contribution is -0.148. The van der Waals surface area contributed by atoms with Crippen LogP contribution in [0.2, 0.25) is 0 Å². The smallest absolute Gasteiger partial charge is 0.312 e. The average Bonchev–Trinajstić information content (AvgIpc) is 3.32. The number of unbranched alkanes of at least 4 members (excludes halogenated alkanes) is 1. The maximum atomic E-state index is 13.4. The van der Waals surface area contributed by atoms with E-state index in [0.717, 1.165) is 5.56 Å². The van der Waals surface area contributed by atoms with Gasteiger partial charge in [-0.3, -0.25) is 33.7 Å². The molecule has 3 atom stereocenters. The molecule has 1 aliphatic heterocycles. The lowest BCUT2D eigenvalue weighted by Gasteiger charge is -2.25. The number of ether oxygens (including phenoxy) is 1. The second-order valence-electron chi connectivity index (χ2n) is 12.4. The van der Waals surface area contributed by atoms with Gasteiger partial charge in [-0.25, -0.2) is 4.79 Å². The highest BCUT2D eigenvalue weighted by molar-refractivity contribution is 8.00. The fraction of sp³-hybridized carbons (Fsp3) is 0.606. The van der Waals surface area contributed by atoms with Crippen molar-refractivity contribution in [2.75, 3.05) is 30.7 Å². The van der Waals surface area contributed by atoms with E-state index >= 15 is 0 Å². The number of imide groups is 1. The van der Waals surface area contributed by atoms with Gasteiger partial charge >= 0.3 is 12.0 Å². The van der Waals surface area contributed by atoms with Crippen molar-refractivity contribution < 1.29 is 38.3 Å². The van der Waals surface area contributed by atoms with Crippen LogP contribution in [0.3, 0.4) is 0 Å². The Kier molecular flexibility index (Phi) is 17.6. The highest BCUT2D eigenvalue weighted by Crippen LogP contribution is 2.25. The van der Waals surface area contributed by atoms with E-state index in [0.29, 0.717) is 37.2 Å². The Morgan fingerprint density at radius 3 is 2.29 bits per heavy atom. The number of nitrogens with two attached hydrogens (primary N) is 2. The van der Waals surface area contributed by atoms with E-state index in [2.05, 4.69) is 21.3 Å². The lowest BCUT2D eigenvalue weighted by Crippen LogP contribution is -2.54. The summed E-state index contributed by atoms with van der Waals surface area (Å²) in [6.45, 7) is 7.92. The van der Waals surface area contributed by atoms with E-state index in [1.165, 1.54) is 16.7 Å². The summed E-state index contributed by atoms with van der Waals surface area (Å²) >= 11 is 1.37. The molecule has 0 bridgehead atoms. The van der Waals surface area contributed by atoms with Gasteiger partial charge in [0.2, 0.25) is 29.5 Å². The van der Waals surface area contributed by atoms with Crippen LogP contribution < -0.4 is 32.7 Å². The molecule has 8 N–H and O–H groups in total. The Balaban J connectivity index is 1.96. The summed E-state index contributed by atoms with van der Waals surface area (Å²) in [5.41, 5.74) is 11.8. The molecule has 2 unspecified atom stereocenters. The van der Waals surface area contributed by atoms with E-state index in [1.54, 1.807) is 52.0 Å². The topological polar surface area (TPSA) is 232 Å². The molecule has 16 heteroatoms. The Morgan fingerprint density at radius 1 is 0.980 bits per heavy atom. The number of hydrogen-bond donors (Lipinski definition) is 6. The van der Waals surface area contributed by atoms with Crippen molar-refractivity contribution >= 4 is 59.0 Å². The summed E-state index contributed by atoms with van der Waals surface area (Å²) in [7, 11) is 0. The van der Waals surface area contributed by atoms with Gasteiger partial charge in [-0.05, 0) is 49.3 Å². The maximum Gasteiger partial charge on any atom is 0.312 e. The molecule has 1 fully saturated rings. The van der Waals surface area contributed by atoms with Gasteiger partial charge in [0.25, 0.3) is 0 Å². The number of nitrogens with zero attached hydrogens (tertiary/aromatic N) is 1. The molecular formula is C33H51N7O8S. The van der Waals surface area contributed by atoms with Crippen molar-refractivity contribution in [2.24, 2.45) is 23.3 Å². The number of carbonyl (C=O) groups is 7. The molecule has 272 valence electrons. The van der Waals surface area contributed by atoms with Gasteiger partial charge in [0.05, 0.1) is 11.2 Å². The van der Waals surface area contributed by atoms with Gasteiger partial charge in [0.15, 0.2) is 0 Å². The van der Waals surface area contributed by atoms with Gasteiger partial charge < -0.3 is 37.5 Å². The third kappa shape index (κ3) is 14.5. The van der Waals surface area contributed by atoms with E-state index in [1.807, 2.05) is 0 Å². The van der Waals surface area contributed by atoms with Crippen LogP contribution in [0.5, 0.6) is 0 Å². The minimum absolute atomic E-state index is 0.0768. The first-order valence-electron chi connectivity index (χ1n) is 16.6. The van der Waals surface area contributed by atoms with Crippen LogP contribution in [0.4, 0.5) is 10.5 Å². The molecule has 1 aliphatic rings. The summed E-state index contributed by atoms with van der Waals surface area (Å²) < 4.78 is 5.23. The summed E-state index contributed by atoms with van der Waals surface area (Å²) in [4.78, 5) is 88.4. The van der Waals surface area contributed by atoms with Crippen LogP contribution in [-0.4, -0.2) is 89.2 Å². The first-order valence-corrected chi connectivity index (χ1v) is 17.6. The fourth-order valence-corrected chi connectivity index (χ4v) is 5.80. The van der Waals surface area contributed by atoms with Crippen LogP contribution in [0.25, 0.3) is 0 Å². The number of esters is 1. The van der Waals surface area contributed by atoms with Crippen molar-refractivity contribution in [3.63, 3.8) is 0 Å². The SMILES string of the molecule is CC(C)C(=O)OCc1ccc(NC(=O)[C@H](CCCNC(N)=O)NC(=O)C(NC(=O)CCCCN2C(=O)CC(SCCN)C2=O)C(C)C)cc1. The predicted molar refractivity (Wildman–Crippen MR) is 186 cm³/mol. The van der Waals surface area contributed by atoms with E-state index in [-0.39, 0.29) is 74.5 Å². The second kappa shape index (κ2) is 21.0. The number of nitrogens with one attached hydrogen (secondary N) is 4. The molecular weight excluding hydrogens is 654 g/mol. The number of thioether (sulfide) groups is 1. The highest BCUT2D eigenvalue weighted by Gasteiger charge is 2.38. The fourth-order valence-electron chi connectivity index (χ4n) is 4.85. The quantitative estimate of drug-likeness (QED) is 0.0611. The molecule has 0 spiro atoms. The third-order valence-electron chi connectivity index (χ3n) is 7.62. The van der Waals surface area contributed by atoms with Gasteiger partial charge in [-0.1, -0.05) is 39.8 Å². The zero-order valence-electron chi connectivity index (χ0n) is 28.8. The molecule has 0 aliphatic carbocycles.